The van der Waals surface area contributed by atoms with Gasteiger partial charge in [0.25, 0.3) is 0 Å². The van der Waals surface area contributed by atoms with Gasteiger partial charge in [0.05, 0.1) is 5.54 Å². The largest absolute Gasteiger partial charge is 0.307 e. The zero-order chi connectivity index (χ0) is 37.9. The van der Waals surface area contributed by atoms with E-state index in [-0.39, 0.29) is 0 Å². The molecule has 284 valence electrons. The first kappa shape index (κ1) is 47.7. The van der Waals surface area contributed by atoms with Gasteiger partial charge in [0, 0.05) is 0 Å². The Morgan fingerprint density at radius 1 is 0.298 bits per heavy atom. The van der Waals surface area contributed by atoms with Crippen LogP contribution in [0.2, 0.25) is 0 Å². The first-order valence-electron chi connectivity index (χ1n) is 15.6. The maximum atomic E-state index is 6.07. The van der Waals surface area contributed by atoms with E-state index in [4.69, 9.17) is 22.8 Å². The van der Waals surface area contributed by atoms with E-state index in [1.54, 1.807) is 0 Å². The maximum Gasteiger partial charge on any atom is 0.307 e. The molecule has 0 aromatic rings. The van der Waals surface area contributed by atoms with E-state index in [2.05, 4.69) is 227 Å². The van der Waals surface area contributed by atoms with Crippen LogP contribution in [0.4, 0.5) is 0 Å². The van der Waals surface area contributed by atoms with Crippen LogP contribution in [0.15, 0.2) is 22.8 Å². The second-order valence-corrected chi connectivity index (χ2v) is 31.9. The Balaban J connectivity index is 10.3. The van der Waals surface area contributed by atoms with Gasteiger partial charge < -0.3 is 0 Å². The van der Waals surface area contributed by atoms with Crippen LogP contribution in [-0.2, 0) is 0 Å². The van der Waals surface area contributed by atoms with Gasteiger partial charge in [-0.05, 0) is 176 Å². The van der Waals surface area contributed by atoms with Gasteiger partial charge >= 0.3 is 7.51 Å². The summed E-state index contributed by atoms with van der Waals surface area (Å²) in [5.41, 5.74) is -0.517. The molecule has 16 nitrogen and oxygen atoms in total. The SMILES string of the molecule is CN(C)P(=NP(=NC(C)(C)C)(N=P(N(C)C)(N(C)C)N(C)C)N=P(N(C)C)(N(C)C)N(C)C)(N=P(N(C)C)(N(C)C)N(C)C)N(C)C. The van der Waals surface area contributed by atoms with Gasteiger partial charge in [-0.2, -0.15) is 18.1 Å². The van der Waals surface area contributed by atoms with Crippen molar-refractivity contribution in [2.45, 2.75) is 26.3 Å². The topological polar surface area (TPSA) is 97.4 Å². The Morgan fingerprint density at radius 3 is 0.681 bits per heavy atom. The molecule has 0 saturated heterocycles. The lowest BCUT2D eigenvalue weighted by Crippen LogP contribution is -2.32. The standard InChI is InChI=1S/C26H75N16P5/c1-26(2,3)27-43(29-45(34(8)9,35(10)11)36(12)13,30-46(37(14)15,38(16)17)39(18)19)28-44(32(4)5,33(6)7)31-47(40(20)21,41(22)23)42(24)25/h1-25H3. The van der Waals surface area contributed by atoms with E-state index in [9.17, 15) is 0 Å². The van der Waals surface area contributed by atoms with E-state index in [1.807, 2.05) is 0 Å². The third-order valence-electron chi connectivity index (χ3n) is 7.30. The molecule has 0 bridgehead atoms. The Hall–Kier alpha value is 0.710. The van der Waals surface area contributed by atoms with Crippen molar-refractivity contribution in [3.05, 3.63) is 0 Å². The molecule has 0 aromatic carbocycles. The molecular formula is C26H75N16P5. The molecular weight excluding hydrogens is 691 g/mol. The molecule has 0 saturated carbocycles. The molecule has 0 unspecified atom stereocenters. The smallest absolute Gasteiger partial charge is 0.252 e. The summed E-state index contributed by atoms with van der Waals surface area (Å²) < 4.78 is 54.2. The number of rotatable bonds is 15. The van der Waals surface area contributed by atoms with Crippen molar-refractivity contribution in [2.75, 3.05) is 155 Å². The van der Waals surface area contributed by atoms with Crippen LogP contribution >= 0.6 is 37.5 Å². The highest BCUT2D eigenvalue weighted by atomic mass is 31.3. The Labute approximate surface area is 292 Å². The summed E-state index contributed by atoms with van der Waals surface area (Å²) >= 11 is 0. The lowest BCUT2D eigenvalue weighted by molar-refractivity contribution is 0.472. The summed E-state index contributed by atoms with van der Waals surface area (Å²) in [5, 5.41) is 0. The van der Waals surface area contributed by atoms with Crippen molar-refractivity contribution < 1.29 is 0 Å². The minimum atomic E-state index is -3.41. The van der Waals surface area contributed by atoms with Gasteiger partial charge in [0.2, 0.25) is 7.51 Å². The molecule has 0 aromatic heterocycles. The number of hydrogen-bond acceptors (Lipinski definition) is 1. The molecule has 0 atom stereocenters. The van der Waals surface area contributed by atoms with E-state index in [0.29, 0.717) is 0 Å². The Bertz CT molecular complexity index is 1160. The molecule has 47 heavy (non-hydrogen) atoms. The first-order valence-corrected chi connectivity index (χ1v) is 23.6. The number of nitrogens with zero attached hydrogens (tertiary/aromatic N) is 16. The van der Waals surface area contributed by atoms with Crippen LogP contribution in [0.5, 0.6) is 0 Å². The molecule has 0 radical (unpaired) electrons. The van der Waals surface area contributed by atoms with Crippen molar-refractivity contribution in [2.24, 2.45) is 22.8 Å². The highest BCUT2D eigenvalue weighted by Gasteiger charge is 2.43. The predicted octanol–water partition coefficient (Wildman–Crippen LogP) is 6.69. The fraction of sp³-hybridized carbons (Fsp3) is 1.00. The molecule has 0 fully saturated rings. The monoisotopic (exact) mass is 767 g/mol. The quantitative estimate of drug-likeness (QED) is 0.167. The average molecular weight is 767 g/mol. The van der Waals surface area contributed by atoms with Gasteiger partial charge in [-0.25, -0.2) is 14.1 Å². The molecule has 0 aliphatic carbocycles. The lowest BCUT2D eigenvalue weighted by Gasteiger charge is -2.46. The van der Waals surface area contributed by atoms with Crippen LogP contribution in [-0.4, -0.2) is 212 Å². The van der Waals surface area contributed by atoms with Crippen molar-refractivity contribution >= 4 is 37.5 Å². The molecule has 0 heterocycles. The van der Waals surface area contributed by atoms with E-state index < -0.39 is 43.1 Å². The van der Waals surface area contributed by atoms with Gasteiger partial charge in [0.1, 0.15) is 0 Å². The predicted molar refractivity (Wildman–Crippen MR) is 217 cm³/mol. The van der Waals surface area contributed by atoms with Gasteiger partial charge in [-0.3, -0.25) is 42.0 Å². The van der Waals surface area contributed by atoms with Crippen LogP contribution < -0.4 is 0 Å². The summed E-state index contributed by atoms with van der Waals surface area (Å²) in [6.07, 6.45) is 0. The minimum Gasteiger partial charge on any atom is -0.252 e. The van der Waals surface area contributed by atoms with Crippen LogP contribution in [0.3, 0.4) is 0 Å². The van der Waals surface area contributed by atoms with Crippen molar-refractivity contribution in [3.63, 3.8) is 0 Å². The van der Waals surface area contributed by atoms with Gasteiger partial charge in [-0.15, -0.1) is 0 Å². The van der Waals surface area contributed by atoms with Crippen LogP contribution in [0.25, 0.3) is 0 Å². The third kappa shape index (κ3) is 9.98. The molecule has 0 aliphatic heterocycles. The van der Waals surface area contributed by atoms with E-state index in [0.717, 1.165) is 0 Å². The van der Waals surface area contributed by atoms with Crippen molar-refractivity contribution in [3.8, 4) is 0 Å². The van der Waals surface area contributed by atoms with Crippen LogP contribution in [0, 0.1) is 0 Å². The number of hydrogen-bond donors (Lipinski definition) is 0. The molecule has 0 spiro atoms. The fourth-order valence-electron chi connectivity index (χ4n) is 5.80. The summed E-state index contributed by atoms with van der Waals surface area (Å²) in [4.78, 5) is 0. The van der Waals surface area contributed by atoms with E-state index in [1.165, 1.54) is 0 Å². The maximum absolute atomic E-state index is 6.07. The summed E-state index contributed by atoms with van der Waals surface area (Å²) in [5.74, 6) is 0. The zero-order valence-corrected chi connectivity index (χ0v) is 39.4. The zero-order valence-electron chi connectivity index (χ0n) is 34.9. The van der Waals surface area contributed by atoms with Gasteiger partial charge in [0.15, 0.2) is 22.5 Å². The summed E-state index contributed by atoms with van der Waals surface area (Å²) in [6, 6.07) is 0. The molecule has 0 aliphatic rings. The Kier molecular flexibility index (Phi) is 17.7. The minimum absolute atomic E-state index is 0.517. The fourth-order valence-corrected chi connectivity index (χ4v) is 29.6. The first-order chi connectivity index (χ1) is 20.9. The van der Waals surface area contributed by atoms with Crippen molar-refractivity contribution in [1.29, 1.82) is 0 Å². The second kappa shape index (κ2) is 17.5. The molecule has 0 rings (SSSR count). The molecule has 21 heteroatoms. The second-order valence-electron chi connectivity index (χ2n) is 14.6. The summed E-state index contributed by atoms with van der Waals surface area (Å²) in [6.45, 7) is 6.39. The summed E-state index contributed by atoms with van der Waals surface area (Å²) in [7, 11) is 32.2. The third-order valence-corrected chi connectivity index (χ3v) is 27.7. The average Bonchev–Trinajstić information content (AvgIpc) is 2.85. The van der Waals surface area contributed by atoms with Crippen LogP contribution in [0.1, 0.15) is 20.8 Å². The molecule has 0 amide bonds. The normalized spacial score (nSPS) is 14.9. The highest BCUT2D eigenvalue weighted by Crippen LogP contribution is 2.80. The lowest BCUT2D eigenvalue weighted by atomic mass is 10.1. The Morgan fingerprint density at radius 2 is 0.511 bits per heavy atom. The highest BCUT2D eigenvalue weighted by molar-refractivity contribution is 7.82. The molecule has 0 N–H and O–H groups in total. The van der Waals surface area contributed by atoms with Gasteiger partial charge in [-0.1, -0.05) is 0 Å². The van der Waals surface area contributed by atoms with E-state index >= 15 is 0 Å². The van der Waals surface area contributed by atoms with Crippen molar-refractivity contribution in [1.82, 2.24) is 51.4 Å².